The van der Waals surface area contributed by atoms with Crippen molar-refractivity contribution in [2.75, 3.05) is 48.2 Å². The molecule has 41 heavy (non-hydrogen) atoms. The molecule has 0 amide bonds. The van der Waals surface area contributed by atoms with Gasteiger partial charge in [-0.15, -0.1) is 0 Å². The minimum atomic E-state index is -4.50. The highest BCUT2D eigenvalue weighted by atomic mass is 19.4. The fraction of sp³-hybridized carbons (Fsp3) is 0.214. The molecule has 1 fully saturated rings. The van der Waals surface area contributed by atoms with Gasteiger partial charge < -0.3 is 15.0 Å². The molecule has 1 saturated heterocycles. The van der Waals surface area contributed by atoms with E-state index >= 15 is 0 Å². The number of nitrogens with one attached hydrogen (secondary N) is 2. The number of hydrogen-bond donors (Lipinski definition) is 2. The molecule has 13 heteroatoms. The molecule has 9 nitrogen and oxygen atoms in total. The first-order valence-corrected chi connectivity index (χ1v) is 12.8. The Labute approximate surface area is 232 Å². The molecule has 0 radical (unpaired) electrons. The Bertz CT molecular complexity index is 1560. The van der Waals surface area contributed by atoms with Crippen molar-refractivity contribution in [3.63, 3.8) is 0 Å². The molecule has 0 spiro atoms. The normalized spacial score (nSPS) is 15.5. The predicted octanol–water partition coefficient (Wildman–Crippen LogP) is 5.01. The zero-order chi connectivity index (χ0) is 28.4. The van der Waals surface area contributed by atoms with E-state index in [9.17, 15) is 17.6 Å². The lowest BCUT2D eigenvalue weighted by atomic mass is 10.1. The van der Waals surface area contributed by atoms with Crippen LogP contribution in [0.1, 0.15) is 11.3 Å². The second-order valence-electron chi connectivity index (χ2n) is 9.35. The van der Waals surface area contributed by atoms with Crippen molar-refractivity contribution >= 4 is 28.8 Å². The van der Waals surface area contributed by atoms with Crippen molar-refractivity contribution in [2.24, 2.45) is 4.99 Å². The van der Waals surface area contributed by atoms with E-state index in [1.165, 1.54) is 18.2 Å². The highest BCUT2D eigenvalue weighted by molar-refractivity contribution is 6.00. The molecule has 0 atom stereocenters. The quantitative estimate of drug-likeness (QED) is 0.316. The van der Waals surface area contributed by atoms with E-state index in [2.05, 4.69) is 35.6 Å². The Hall–Kier alpha value is -4.78. The number of amidine groups is 1. The van der Waals surface area contributed by atoms with Crippen molar-refractivity contribution in [1.82, 2.24) is 20.4 Å². The van der Waals surface area contributed by atoms with Crippen molar-refractivity contribution in [2.45, 2.75) is 6.18 Å². The van der Waals surface area contributed by atoms with Crippen LogP contribution >= 0.6 is 0 Å². The van der Waals surface area contributed by atoms with Gasteiger partial charge in [0.1, 0.15) is 18.2 Å². The number of aliphatic imine (C=N–C) groups is 1. The summed E-state index contributed by atoms with van der Waals surface area (Å²) in [4.78, 5) is 18.8. The van der Waals surface area contributed by atoms with Gasteiger partial charge in [0.15, 0.2) is 5.84 Å². The number of ether oxygens (including phenoxy) is 1. The maximum atomic E-state index is 14.5. The molecule has 2 aromatic carbocycles. The number of benzene rings is 2. The third-order valence-corrected chi connectivity index (χ3v) is 6.58. The Balaban J connectivity index is 1.11. The van der Waals surface area contributed by atoms with Crippen LogP contribution in [0.5, 0.6) is 0 Å². The summed E-state index contributed by atoms with van der Waals surface area (Å²) in [6.45, 7) is 2.87. The number of hydrogen-bond acceptors (Lipinski definition) is 9. The molecule has 6 rings (SSSR count). The van der Waals surface area contributed by atoms with Crippen LogP contribution < -0.4 is 20.7 Å². The van der Waals surface area contributed by atoms with Crippen LogP contribution in [0.15, 0.2) is 78.0 Å². The van der Waals surface area contributed by atoms with Crippen LogP contribution in [0.25, 0.3) is 11.3 Å². The summed E-state index contributed by atoms with van der Waals surface area (Å²) >= 11 is 0. The molecule has 0 saturated carbocycles. The maximum Gasteiger partial charge on any atom is 0.433 e. The molecule has 0 unspecified atom stereocenters. The molecule has 2 aliphatic rings. The fourth-order valence-corrected chi connectivity index (χ4v) is 4.50. The van der Waals surface area contributed by atoms with Crippen molar-refractivity contribution in [3.8, 4) is 11.3 Å². The number of aromatic nitrogens is 3. The number of alkyl halides is 3. The van der Waals surface area contributed by atoms with Gasteiger partial charge in [-0.1, -0.05) is 0 Å². The summed E-state index contributed by atoms with van der Waals surface area (Å²) in [7, 11) is 0. The lowest BCUT2D eigenvalue weighted by Gasteiger charge is -2.29. The standard InChI is InChI=1S/C28H24F4N8O/c29-20-13-19(14-23(15-20)39-9-11-41-12-10-39)24-7-8-33-27(37-24)36-21-2-4-22(5-3-21)40-17-35-26(38-40)18-1-6-25(34-16-18)28(30,31)32/h1-8,13-16H,9-12,17H2,(H,35,38)(H,33,36,37). The van der Waals surface area contributed by atoms with E-state index in [0.29, 0.717) is 54.9 Å². The SMILES string of the molecule is Fc1cc(-c2ccnc(Nc3ccc(N4CN=C(c5ccc(C(F)(F)F)nc5)N4)cc3)n2)cc(N2CCOCC2)c1. The van der Waals surface area contributed by atoms with Gasteiger partial charge in [0.25, 0.3) is 0 Å². The third-order valence-electron chi connectivity index (χ3n) is 6.58. The molecule has 4 heterocycles. The predicted molar refractivity (Wildman–Crippen MR) is 146 cm³/mol. The minimum absolute atomic E-state index is 0.272. The second-order valence-corrected chi connectivity index (χ2v) is 9.35. The number of halogens is 4. The largest absolute Gasteiger partial charge is 0.433 e. The number of pyridine rings is 1. The topological polar surface area (TPSA) is 90.8 Å². The second kappa shape index (κ2) is 11.0. The van der Waals surface area contributed by atoms with Gasteiger partial charge in [0.2, 0.25) is 5.95 Å². The number of nitrogens with zero attached hydrogens (tertiary/aromatic N) is 6. The Morgan fingerprint density at radius 2 is 1.68 bits per heavy atom. The molecular formula is C28H24F4N8O. The fourth-order valence-electron chi connectivity index (χ4n) is 4.50. The summed E-state index contributed by atoms with van der Waals surface area (Å²) in [6, 6.07) is 16.2. The molecule has 0 aliphatic carbocycles. The van der Waals surface area contributed by atoms with Gasteiger partial charge in [-0.3, -0.25) is 15.4 Å². The maximum absolute atomic E-state index is 14.5. The lowest BCUT2D eigenvalue weighted by molar-refractivity contribution is -0.141. The first kappa shape index (κ1) is 26.4. The summed E-state index contributed by atoms with van der Waals surface area (Å²) in [5, 5.41) is 4.92. The average Bonchev–Trinajstić information content (AvgIpc) is 3.48. The number of rotatable bonds is 6. The number of hydrazine groups is 1. The lowest BCUT2D eigenvalue weighted by Crippen LogP contribution is -2.36. The van der Waals surface area contributed by atoms with Gasteiger partial charge >= 0.3 is 6.18 Å². The summed E-state index contributed by atoms with van der Waals surface area (Å²) < 4.78 is 58.3. The van der Waals surface area contributed by atoms with Crippen LogP contribution in [0.2, 0.25) is 0 Å². The third kappa shape index (κ3) is 6.04. The van der Waals surface area contributed by atoms with Crippen molar-refractivity contribution in [1.29, 1.82) is 0 Å². The minimum Gasteiger partial charge on any atom is -0.378 e. The van der Waals surface area contributed by atoms with Crippen LogP contribution in [-0.2, 0) is 10.9 Å². The number of anilines is 4. The van der Waals surface area contributed by atoms with E-state index in [4.69, 9.17) is 4.74 Å². The molecule has 2 aliphatic heterocycles. The smallest absolute Gasteiger partial charge is 0.378 e. The zero-order valence-electron chi connectivity index (χ0n) is 21.6. The van der Waals surface area contributed by atoms with Gasteiger partial charge in [0.05, 0.1) is 24.6 Å². The first-order valence-electron chi connectivity index (χ1n) is 12.8. The van der Waals surface area contributed by atoms with Crippen LogP contribution in [0.3, 0.4) is 0 Å². The Morgan fingerprint density at radius 1 is 0.878 bits per heavy atom. The van der Waals surface area contributed by atoms with Crippen LogP contribution in [0.4, 0.5) is 40.6 Å². The average molecular weight is 565 g/mol. The summed E-state index contributed by atoms with van der Waals surface area (Å²) in [5.74, 6) is 0.435. The summed E-state index contributed by atoms with van der Waals surface area (Å²) in [6.07, 6.45) is -1.74. The van der Waals surface area contributed by atoms with Gasteiger partial charge in [0, 0.05) is 48.0 Å². The monoisotopic (exact) mass is 564 g/mol. The van der Waals surface area contributed by atoms with E-state index in [1.54, 1.807) is 17.3 Å². The zero-order valence-corrected chi connectivity index (χ0v) is 21.6. The van der Waals surface area contributed by atoms with Crippen molar-refractivity contribution in [3.05, 3.63) is 90.1 Å². The van der Waals surface area contributed by atoms with Crippen LogP contribution in [-0.4, -0.2) is 53.8 Å². The summed E-state index contributed by atoms with van der Waals surface area (Å²) in [5.41, 5.74) is 6.11. The van der Waals surface area contributed by atoms with Gasteiger partial charge in [-0.25, -0.2) is 19.4 Å². The Morgan fingerprint density at radius 3 is 2.41 bits per heavy atom. The number of morpholine rings is 1. The van der Waals surface area contributed by atoms with Crippen molar-refractivity contribution < 1.29 is 22.3 Å². The Kier molecular flexibility index (Phi) is 7.10. The molecule has 4 aromatic rings. The highest BCUT2D eigenvalue weighted by Gasteiger charge is 2.32. The van der Waals surface area contributed by atoms with Gasteiger partial charge in [-0.05, 0) is 60.7 Å². The van der Waals surface area contributed by atoms with E-state index < -0.39 is 11.9 Å². The molecule has 0 bridgehead atoms. The highest BCUT2D eigenvalue weighted by Crippen LogP contribution is 2.29. The van der Waals surface area contributed by atoms with Gasteiger partial charge in [-0.2, -0.15) is 13.2 Å². The van der Waals surface area contributed by atoms with E-state index in [-0.39, 0.29) is 12.5 Å². The first-order chi connectivity index (χ1) is 19.8. The molecule has 210 valence electrons. The van der Waals surface area contributed by atoms with E-state index in [1.807, 2.05) is 30.3 Å². The molecular weight excluding hydrogens is 540 g/mol. The van der Waals surface area contributed by atoms with Crippen LogP contribution in [0, 0.1) is 5.82 Å². The molecule has 2 aromatic heterocycles. The molecule has 2 N–H and O–H groups in total. The van der Waals surface area contributed by atoms with E-state index in [0.717, 1.165) is 29.3 Å².